The Morgan fingerprint density at radius 1 is 1.38 bits per heavy atom. The molecule has 0 aliphatic carbocycles. The third-order valence-corrected chi connectivity index (χ3v) is 0.714. The summed E-state index contributed by atoms with van der Waals surface area (Å²) >= 11 is 0. The average Bonchev–Trinajstić information content (AvgIpc) is 1.35. The van der Waals surface area contributed by atoms with Gasteiger partial charge in [-0.1, -0.05) is 0 Å². The third-order valence-electron chi connectivity index (χ3n) is 0.238. The van der Waals surface area contributed by atoms with Gasteiger partial charge in [-0.05, 0) is 0 Å². The van der Waals surface area contributed by atoms with Crippen LogP contribution in [-0.2, 0) is 9.09 Å². The van der Waals surface area contributed by atoms with E-state index in [1.165, 1.54) is 0 Å². The minimum absolute atomic E-state index is 0. The molecular formula is CH9Ca2O4P. The van der Waals surface area contributed by atoms with E-state index in [0.717, 1.165) is 7.11 Å². The van der Waals surface area contributed by atoms with Crippen LogP contribution in [0.4, 0.5) is 0 Å². The molecule has 0 radical (unpaired) electrons. The number of hydrogen-bond donors (Lipinski definition) is 2. The molecule has 0 bridgehead atoms. The first-order valence-corrected chi connectivity index (χ1v) is 2.70. The van der Waals surface area contributed by atoms with Gasteiger partial charge in [0.25, 0.3) is 0 Å². The van der Waals surface area contributed by atoms with E-state index < -0.39 is 7.82 Å². The molecule has 0 aromatic carbocycles. The second-order valence-electron chi connectivity index (χ2n) is 0.673. The predicted molar refractivity (Wildman–Crippen MR) is 36.1 cm³/mol. The van der Waals surface area contributed by atoms with Gasteiger partial charge in [0.05, 0.1) is 0 Å². The number of rotatable bonds is 1. The van der Waals surface area contributed by atoms with Gasteiger partial charge in [0.1, 0.15) is 0 Å². The van der Waals surface area contributed by atoms with E-state index in [1.54, 1.807) is 0 Å². The molecular weight excluding hydrogens is 187 g/mol. The molecule has 0 amide bonds. The molecule has 7 heteroatoms. The zero-order valence-electron chi connectivity index (χ0n) is 3.16. The second-order valence-corrected chi connectivity index (χ2v) is 2.02. The maximum absolute atomic E-state index is 9.47. The zero-order chi connectivity index (χ0) is 5.21. The third kappa shape index (κ3) is 15.9. The summed E-state index contributed by atoms with van der Waals surface area (Å²) in [6.07, 6.45) is 0. The Labute approximate surface area is 107 Å². The van der Waals surface area contributed by atoms with Crippen LogP contribution in [0.15, 0.2) is 0 Å². The van der Waals surface area contributed by atoms with Gasteiger partial charge >= 0.3 is 83.3 Å². The van der Waals surface area contributed by atoms with E-state index >= 15 is 0 Å². The van der Waals surface area contributed by atoms with Crippen molar-refractivity contribution in [2.75, 3.05) is 7.11 Å². The van der Waals surface area contributed by atoms with Gasteiger partial charge in [0, 0.05) is 7.11 Å². The first kappa shape index (κ1) is 16.9. The molecule has 4 nitrogen and oxygen atoms in total. The van der Waals surface area contributed by atoms with Crippen molar-refractivity contribution in [2.24, 2.45) is 0 Å². The Morgan fingerprint density at radius 2 is 1.50 bits per heavy atom. The van der Waals surface area contributed by atoms with Crippen molar-refractivity contribution in [3.05, 3.63) is 0 Å². The summed E-state index contributed by atoms with van der Waals surface area (Å²) in [7, 11) is -3.20. The molecule has 0 aromatic heterocycles. The fourth-order valence-corrected chi connectivity index (χ4v) is 0. The van der Waals surface area contributed by atoms with Gasteiger partial charge in [-0.25, -0.2) is 4.57 Å². The number of phosphoric acid groups is 1. The van der Waals surface area contributed by atoms with Crippen LogP contribution in [0, 0.1) is 0 Å². The normalized spacial score (nSPS) is 8.88. The molecule has 0 aliphatic rings. The molecule has 0 aliphatic heterocycles. The fourth-order valence-electron chi connectivity index (χ4n) is 0. The first-order valence-electron chi connectivity index (χ1n) is 1.17. The topological polar surface area (TPSA) is 66.8 Å². The van der Waals surface area contributed by atoms with Crippen molar-refractivity contribution in [2.45, 2.75) is 0 Å². The quantitative estimate of drug-likeness (QED) is 0.372. The van der Waals surface area contributed by atoms with E-state index in [0.29, 0.717) is 0 Å². The average molecular weight is 196 g/mol. The SMILES string of the molecule is COP(=O)(O)O.[CaH2].[CaH2]. The second kappa shape index (κ2) is 7.73. The summed E-state index contributed by atoms with van der Waals surface area (Å²) < 4.78 is 13.1. The van der Waals surface area contributed by atoms with Gasteiger partial charge in [0.2, 0.25) is 0 Å². The Kier molecular flexibility index (Phi) is 16.4. The van der Waals surface area contributed by atoms with Gasteiger partial charge in [-0.3, -0.25) is 4.52 Å². The fraction of sp³-hybridized carbons (Fsp3) is 1.00. The summed E-state index contributed by atoms with van der Waals surface area (Å²) in [5.74, 6) is 0. The van der Waals surface area contributed by atoms with Gasteiger partial charge in [-0.15, -0.1) is 0 Å². The number of hydrogen-bond acceptors (Lipinski definition) is 2. The molecule has 0 rings (SSSR count). The molecule has 8 heavy (non-hydrogen) atoms. The van der Waals surface area contributed by atoms with Gasteiger partial charge < -0.3 is 9.79 Å². The van der Waals surface area contributed by atoms with Crippen LogP contribution in [0.2, 0.25) is 0 Å². The van der Waals surface area contributed by atoms with Crippen LogP contribution in [0.3, 0.4) is 0 Å². The predicted octanol–water partition coefficient (Wildman–Crippen LogP) is -2.11. The summed E-state index contributed by atoms with van der Waals surface area (Å²) in [6, 6.07) is 0. The summed E-state index contributed by atoms with van der Waals surface area (Å²) in [5, 5.41) is 0. The zero-order valence-corrected chi connectivity index (χ0v) is 4.05. The van der Waals surface area contributed by atoms with Crippen LogP contribution >= 0.6 is 7.82 Å². The van der Waals surface area contributed by atoms with Gasteiger partial charge in [0.15, 0.2) is 0 Å². The molecule has 0 heterocycles. The van der Waals surface area contributed by atoms with Crippen molar-refractivity contribution in [1.29, 1.82) is 0 Å². The molecule has 0 spiro atoms. The van der Waals surface area contributed by atoms with E-state index in [4.69, 9.17) is 9.79 Å². The Morgan fingerprint density at radius 3 is 1.50 bits per heavy atom. The molecule has 0 saturated carbocycles. The maximum atomic E-state index is 9.47. The van der Waals surface area contributed by atoms with Crippen molar-refractivity contribution >= 4 is 83.3 Å². The van der Waals surface area contributed by atoms with E-state index in [1.807, 2.05) is 0 Å². The molecule has 0 saturated heterocycles. The van der Waals surface area contributed by atoms with E-state index in [9.17, 15) is 4.57 Å². The first-order chi connectivity index (χ1) is 2.56. The summed E-state index contributed by atoms with van der Waals surface area (Å²) in [4.78, 5) is 15.4. The molecule has 0 aromatic rings. The molecule has 2 N–H and O–H groups in total. The van der Waals surface area contributed by atoms with Crippen molar-refractivity contribution in [3.63, 3.8) is 0 Å². The molecule has 46 valence electrons. The standard InChI is InChI=1S/CH5O4P.2Ca.4H/c1-5-6(2,3)4;;;;;;/h1H3,(H2,2,3,4);;;;;;. The summed E-state index contributed by atoms with van der Waals surface area (Å²) in [5.41, 5.74) is 0. The Hall–Kier alpha value is 2.63. The van der Waals surface area contributed by atoms with Crippen LogP contribution in [0.1, 0.15) is 0 Å². The van der Waals surface area contributed by atoms with Gasteiger partial charge in [-0.2, -0.15) is 0 Å². The van der Waals surface area contributed by atoms with E-state index in [-0.39, 0.29) is 75.5 Å². The van der Waals surface area contributed by atoms with Crippen molar-refractivity contribution in [1.82, 2.24) is 0 Å². The number of phosphoric ester groups is 1. The van der Waals surface area contributed by atoms with Crippen LogP contribution in [0.25, 0.3) is 0 Å². The molecule has 0 atom stereocenters. The minimum atomic E-state index is -4.15. The van der Waals surface area contributed by atoms with Crippen LogP contribution < -0.4 is 0 Å². The molecule has 0 unspecified atom stereocenters. The van der Waals surface area contributed by atoms with E-state index in [2.05, 4.69) is 4.52 Å². The Balaban J connectivity index is -0.000000125. The summed E-state index contributed by atoms with van der Waals surface area (Å²) in [6.45, 7) is 0. The van der Waals surface area contributed by atoms with Crippen LogP contribution in [-0.4, -0.2) is 92.4 Å². The monoisotopic (exact) mass is 196 g/mol. The molecule has 0 fully saturated rings. The Bertz CT molecular complexity index is 78.1. The van der Waals surface area contributed by atoms with Crippen molar-refractivity contribution < 1.29 is 18.9 Å². The van der Waals surface area contributed by atoms with Crippen LogP contribution in [0.5, 0.6) is 0 Å². The van der Waals surface area contributed by atoms with Crippen molar-refractivity contribution in [3.8, 4) is 0 Å².